The number of nitrogens with one attached hydrogen (secondary N) is 1. The Balaban J connectivity index is 1.43. The number of rotatable bonds is 2. The van der Waals surface area contributed by atoms with Crippen molar-refractivity contribution in [2.45, 2.75) is 50.9 Å². The topological polar surface area (TPSA) is 28.2 Å². The van der Waals surface area contributed by atoms with E-state index in [1.807, 2.05) is 11.3 Å². The summed E-state index contributed by atoms with van der Waals surface area (Å²) >= 11 is 1.98. The van der Waals surface area contributed by atoms with Gasteiger partial charge in [0.25, 0.3) is 0 Å². The highest BCUT2D eigenvalue weighted by Crippen LogP contribution is 2.39. The molecule has 0 unspecified atom stereocenters. The Morgan fingerprint density at radius 1 is 1.10 bits per heavy atom. The van der Waals surface area contributed by atoms with Gasteiger partial charge in [0, 0.05) is 24.2 Å². The number of nitrogens with zero attached hydrogens (tertiary/aromatic N) is 2. The van der Waals surface area contributed by atoms with E-state index in [4.69, 9.17) is 4.98 Å². The van der Waals surface area contributed by atoms with Crippen molar-refractivity contribution in [2.75, 3.05) is 31.1 Å². The summed E-state index contributed by atoms with van der Waals surface area (Å²) in [6, 6.07) is 0. The zero-order chi connectivity index (χ0) is 14.1. The van der Waals surface area contributed by atoms with Crippen LogP contribution in [0.15, 0.2) is 6.20 Å². The zero-order valence-corrected chi connectivity index (χ0v) is 13.7. The second-order valence-corrected chi connectivity index (χ2v) is 8.17. The fourth-order valence-electron chi connectivity index (χ4n) is 4.44. The van der Waals surface area contributed by atoms with Gasteiger partial charge in [-0.25, -0.2) is 4.98 Å². The highest BCUT2D eigenvalue weighted by molar-refractivity contribution is 7.15. The third kappa shape index (κ3) is 2.98. The molecule has 21 heavy (non-hydrogen) atoms. The molecule has 4 rings (SSSR count). The minimum Gasteiger partial charge on any atom is -0.348 e. The highest BCUT2D eigenvalue weighted by Gasteiger charge is 2.32. The molecule has 1 saturated carbocycles. The Bertz CT molecular complexity index is 466. The molecule has 3 aliphatic rings. The summed E-state index contributed by atoms with van der Waals surface area (Å²) in [7, 11) is 0. The molecule has 0 spiro atoms. The van der Waals surface area contributed by atoms with E-state index < -0.39 is 0 Å². The van der Waals surface area contributed by atoms with E-state index in [-0.39, 0.29) is 0 Å². The Labute approximate surface area is 132 Å². The van der Waals surface area contributed by atoms with E-state index in [0.717, 1.165) is 17.8 Å². The molecule has 4 heteroatoms. The smallest absolute Gasteiger partial charge is 0.185 e. The summed E-state index contributed by atoms with van der Waals surface area (Å²) in [5.74, 6) is 2.61. The van der Waals surface area contributed by atoms with Crippen LogP contribution in [0.2, 0.25) is 0 Å². The fraction of sp³-hybridized carbons (Fsp3) is 0.824. The van der Waals surface area contributed by atoms with E-state index >= 15 is 0 Å². The van der Waals surface area contributed by atoms with Crippen LogP contribution in [0.5, 0.6) is 0 Å². The van der Waals surface area contributed by atoms with Gasteiger partial charge < -0.3 is 10.2 Å². The predicted molar refractivity (Wildman–Crippen MR) is 89.2 cm³/mol. The average molecular weight is 305 g/mol. The van der Waals surface area contributed by atoms with E-state index in [1.165, 1.54) is 76.3 Å². The summed E-state index contributed by atoms with van der Waals surface area (Å²) < 4.78 is 0. The van der Waals surface area contributed by atoms with Crippen LogP contribution in [-0.4, -0.2) is 31.2 Å². The molecule has 2 atom stereocenters. The maximum atomic E-state index is 4.78. The molecular formula is C17H27N3S. The molecule has 3 fully saturated rings. The molecule has 116 valence electrons. The van der Waals surface area contributed by atoms with Crippen LogP contribution in [0.4, 0.5) is 5.13 Å². The molecule has 1 N–H and O–H groups in total. The number of piperidine rings is 2. The van der Waals surface area contributed by atoms with Crippen molar-refractivity contribution in [3.63, 3.8) is 0 Å². The summed E-state index contributed by atoms with van der Waals surface area (Å²) in [6.07, 6.45) is 12.0. The Kier molecular flexibility index (Phi) is 4.17. The molecule has 0 amide bonds. The van der Waals surface area contributed by atoms with E-state index in [0.29, 0.717) is 0 Å². The van der Waals surface area contributed by atoms with Crippen molar-refractivity contribution in [3.05, 3.63) is 11.1 Å². The maximum absolute atomic E-state index is 4.78. The first-order chi connectivity index (χ1) is 10.4. The number of hydrogen-bond donors (Lipinski definition) is 1. The van der Waals surface area contributed by atoms with Gasteiger partial charge in [-0.05, 0) is 56.5 Å². The number of hydrogen-bond acceptors (Lipinski definition) is 4. The number of fused-ring (bicyclic) bond motifs is 1. The standard InChI is InChI=1S/C17H27N3S/c1-2-4-14(5-3-1)16-11-19-17(21-16)20-9-7-13-6-8-18-10-15(13)12-20/h11,13-15,18H,1-10,12H2/t13-,15-/m0/s1. The lowest BCUT2D eigenvalue weighted by atomic mass is 9.81. The Morgan fingerprint density at radius 2 is 2.00 bits per heavy atom. The van der Waals surface area contributed by atoms with Gasteiger partial charge in [0.05, 0.1) is 0 Å². The van der Waals surface area contributed by atoms with Crippen molar-refractivity contribution in [1.82, 2.24) is 10.3 Å². The van der Waals surface area contributed by atoms with Crippen molar-refractivity contribution < 1.29 is 0 Å². The molecule has 0 radical (unpaired) electrons. The maximum Gasteiger partial charge on any atom is 0.185 e. The number of aromatic nitrogens is 1. The van der Waals surface area contributed by atoms with E-state index in [1.54, 1.807) is 4.88 Å². The quantitative estimate of drug-likeness (QED) is 0.904. The minimum absolute atomic E-state index is 0.805. The molecule has 2 saturated heterocycles. The van der Waals surface area contributed by atoms with Gasteiger partial charge in [-0.2, -0.15) is 0 Å². The van der Waals surface area contributed by atoms with Crippen LogP contribution in [0.25, 0.3) is 0 Å². The van der Waals surface area contributed by atoms with Crippen LogP contribution in [0.3, 0.4) is 0 Å². The molecule has 1 aliphatic carbocycles. The lowest BCUT2D eigenvalue weighted by molar-refractivity contribution is 0.217. The third-order valence-corrected chi connectivity index (χ3v) is 7.00. The lowest BCUT2D eigenvalue weighted by Crippen LogP contribution is -2.48. The van der Waals surface area contributed by atoms with Crippen molar-refractivity contribution in [2.24, 2.45) is 11.8 Å². The average Bonchev–Trinajstić information content (AvgIpc) is 3.05. The summed E-state index contributed by atoms with van der Waals surface area (Å²) in [5.41, 5.74) is 0. The van der Waals surface area contributed by atoms with Gasteiger partial charge >= 0.3 is 0 Å². The van der Waals surface area contributed by atoms with E-state index in [2.05, 4.69) is 16.4 Å². The minimum atomic E-state index is 0.805. The first kappa shape index (κ1) is 14.0. The van der Waals surface area contributed by atoms with Crippen molar-refractivity contribution in [3.8, 4) is 0 Å². The SMILES string of the molecule is c1nc(N2CC[C@@H]3CCNC[C@H]3C2)sc1C1CCCCC1. The molecule has 1 aromatic heterocycles. The normalized spacial score (nSPS) is 31.1. The monoisotopic (exact) mass is 305 g/mol. The highest BCUT2D eigenvalue weighted by atomic mass is 32.1. The Morgan fingerprint density at radius 3 is 2.90 bits per heavy atom. The second kappa shape index (κ2) is 6.25. The molecule has 2 aliphatic heterocycles. The van der Waals surface area contributed by atoms with Gasteiger partial charge in [0.2, 0.25) is 0 Å². The molecule has 0 aromatic carbocycles. The van der Waals surface area contributed by atoms with Gasteiger partial charge in [0.15, 0.2) is 5.13 Å². The predicted octanol–water partition coefficient (Wildman–Crippen LogP) is 3.63. The van der Waals surface area contributed by atoms with Crippen LogP contribution in [0, 0.1) is 11.8 Å². The summed E-state index contributed by atoms with van der Waals surface area (Å²) in [6.45, 7) is 4.88. The van der Waals surface area contributed by atoms with Gasteiger partial charge in [-0.1, -0.05) is 19.3 Å². The first-order valence-corrected chi connectivity index (χ1v) is 9.63. The van der Waals surface area contributed by atoms with Crippen LogP contribution >= 0.6 is 11.3 Å². The molecular weight excluding hydrogens is 278 g/mol. The lowest BCUT2D eigenvalue weighted by Gasteiger charge is -2.41. The van der Waals surface area contributed by atoms with Crippen molar-refractivity contribution in [1.29, 1.82) is 0 Å². The number of thiazole rings is 1. The first-order valence-electron chi connectivity index (χ1n) is 8.81. The van der Waals surface area contributed by atoms with E-state index in [9.17, 15) is 0 Å². The third-order valence-electron chi connectivity index (χ3n) is 5.78. The van der Waals surface area contributed by atoms with Crippen LogP contribution in [0.1, 0.15) is 55.7 Å². The van der Waals surface area contributed by atoms with Crippen LogP contribution in [-0.2, 0) is 0 Å². The fourth-order valence-corrected chi connectivity index (χ4v) is 5.56. The van der Waals surface area contributed by atoms with Gasteiger partial charge in [-0.15, -0.1) is 11.3 Å². The summed E-state index contributed by atoms with van der Waals surface area (Å²) in [4.78, 5) is 8.89. The molecule has 0 bridgehead atoms. The zero-order valence-electron chi connectivity index (χ0n) is 12.9. The van der Waals surface area contributed by atoms with Gasteiger partial charge in [-0.3, -0.25) is 0 Å². The van der Waals surface area contributed by atoms with Crippen molar-refractivity contribution >= 4 is 16.5 Å². The Hall–Kier alpha value is -0.610. The van der Waals surface area contributed by atoms with Crippen LogP contribution < -0.4 is 10.2 Å². The summed E-state index contributed by atoms with van der Waals surface area (Å²) in [5, 5.41) is 4.86. The largest absolute Gasteiger partial charge is 0.348 e. The van der Waals surface area contributed by atoms with Gasteiger partial charge in [0.1, 0.15) is 0 Å². The second-order valence-electron chi connectivity index (χ2n) is 7.13. The molecule has 3 nitrogen and oxygen atoms in total. The molecule has 1 aromatic rings. The number of anilines is 1. The molecule has 3 heterocycles.